The smallest absolute Gasteiger partial charge is 0.128 e. The van der Waals surface area contributed by atoms with E-state index in [1.165, 1.54) is 5.56 Å². The average Bonchev–Trinajstić information content (AvgIpc) is 2.58. The molecule has 0 atom stereocenters. The molecule has 1 aromatic carbocycles. The van der Waals surface area contributed by atoms with Crippen molar-refractivity contribution in [1.82, 2.24) is 9.88 Å². The number of aromatic nitrogens is 1. The third kappa shape index (κ3) is 3.84. The van der Waals surface area contributed by atoms with Crippen LogP contribution in [0.15, 0.2) is 48.7 Å². The minimum absolute atomic E-state index is 0.180. The first-order valence-corrected chi connectivity index (χ1v) is 7.92. The maximum Gasteiger partial charge on any atom is 0.128 e. The van der Waals surface area contributed by atoms with E-state index in [-0.39, 0.29) is 6.61 Å². The Morgan fingerprint density at radius 3 is 2.32 bits per heavy atom. The zero-order valence-electron chi connectivity index (χ0n) is 12.9. The lowest BCUT2D eigenvalue weighted by molar-refractivity contribution is 0.249. The monoisotopic (exact) mass is 297 g/mol. The maximum absolute atomic E-state index is 8.94. The molecule has 1 aromatic heterocycles. The number of hydrogen-bond acceptors (Lipinski definition) is 4. The molecule has 116 valence electrons. The Hall–Kier alpha value is -1.91. The fraction of sp³-hybridized carbons (Fsp3) is 0.389. The summed E-state index contributed by atoms with van der Waals surface area (Å²) in [4.78, 5) is 9.36. The first kappa shape index (κ1) is 15.0. The van der Waals surface area contributed by atoms with Crippen molar-refractivity contribution in [3.63, 3.8) is 0 Å². The summed E-state index contributed by atoms with van der Waals surface area (Å²) in [6.07, 6.45) is 2.56. The third-order valence-electron chi connectivity index (χ3n) is 4.15. The molecule has 4 nitrogen and oxygen atoms in total. The average molecular weight is 297 g/mol. The topological polar surface area (TPSA) is 39.6 Å². The number of aliphatic hydroxyl groups is 1. The van der Waals surface area contributed by atoms with Crippen molar-refractivity contribution >= 4 is 5.82 Å². The van der Waals surface area contributed by atoms with E-state index in [1.807, 2.05) is 6.20 Å². The summed E-state index contributed by atoms with van der Waals surface area (Å²) in [6.45, 7) is 5.36. The predicted molar refractivity (Wildman–Crippen MR) is 89.0 cm³/mol. The summed E-state index contributed by atoms with van der Waals surface area (Å²) in [5.74, 6) is 1.04. The van der Waals surface area contributed by atoms with Crippen LogP contribution in [-0.2, 0) is 13.0 Å². The fourth-order valence-electron chi connectivity index (χ4n) is 2.86. The second-order valence-electron chi connectivity index (χ2n) is 5.75. The standard InChI is InChI=1S/C18H23N3O/c22-13-8-16-6-7-18(19-14-16)21-11-9-20(10-12-21)15-17-4-2-1-3-5-17/h1-7,14,22H,8-13,15H2. The number of nitrogens with zero attached hydrogens (tertiary/aromatic N) is 3. The van der Waals surface area contributed by atoms with Crippen LogP contribution < -0.4 is 4.90 Å². The maximum atomic E-state index is 8.94. The van der Waals surface area contributed by atoms with Crippen molar-refractivity contribution in [3.8, 4) is 0 Å². The molecule has 2 aromatic rings. The summed E-state index contributed by atoms with van der Waals surface area (Å²) in [5.41, 5.74) is 2.47. The van der Waals surface area contributed by atoms with E-state index in [2.05, 4.69) is 57.2 Å². The number of aliphatic hydroxyl groups excluding tert-OH is 1. The summed E-state index contributed by atoms with van der Waals surface area (Å²) in [6, 6.07) is 14.8. The van der Waals surface area contributed by atoms with Crippen molar-refractivity contribution in [2.45, 2.75) is 13.0 Å². The van der Waals surface area contributed by atoms with E-state index in [1.54, 1.807) is 0 Å². The summed E-state index contributed by atoms with van der Waals surface area (Å²) in [7, 11) is 0. The molecule has 2 heterocycles. The first-order valence-electron chi connectivity index (χ1n) is 7.92. The fourth-order valence-corrected chi connectivity index (χ4v) is 2.86. The van der Waals surface area contributed by atoms with Gasteiger partial charge in [-0.05, 0) is 23.6 Å². The Bertz CT molecular complexity index is 563. The molecular formula is C18H23N3O. The van der Waals surface area contributed by atoms with Crippen LogP contribution in [0.5, 0.6) is 0 Å². The van der Waals surface area contributed by atoms with E-state index in [0.717, 1.165) is 44.1 Å². The number of hydrogen-bond donors (Lipinski definition) is 1. The summed E-state index contributed by atoms with van der Waals surface area (Å²) >= 11 is 0. The van der Waals surface area contributed by atoms with Crippen LogP contribution in [-0.4, -0.2) is 47.8 Å². The molecule has 0 radical (unpaired) electrons. The highest BCUT2D eigenvalue weighted by molar-refractivity contribution is 5.40. The number of anilines is 1. The second-order valence-corrected chi connectivity index (χ2v) is 5.75. The molecule has 1 fully saturated rings. The van der Waals surface area contributed by atoms with Crippen LogP contribution >= 0.6 is 0 Å². The molecule has 1 aliphatic heterocycles. The SMILES string of the molecule is OCCc1ccc(N2CCN(Cc3ccccc3)CC2)nc1. The van der Waals surface area contributed by atoms with Gasteiger partial charge in [-0.2, -0.15) is 0 Å². The van der Waals surface area contributed by atoms with Gasteiger partial charge in [0.15, 0.2) is 0 Å². The molecule has 1 aliphatic rings. The molecule has 0 spiro atoms. The number of pyridine rings is 1. The van der Waals surface area contributed by atoms with Gasteiger partial charge < -0.3 is 10.0 Å². The molecular weight excluding hydrogens is 274 g/mol. The third-order valence-corrected chi connectivity index (χ3v) is 4.15. The Morgan fingerprint density at radius 1 is 0.909 bits per heavy atom. The van der Waals surface area contributed by atoms with Gasteiger partial charge in [-0.15, -0.1) is 0 Å². The number of benzene rings is 1. The van der Waals surface area contributed by atoms with Gasteiger partial charge >= 0.3 is 0 Å². The lowest BCUT2D eigenvalue weighted by atomic mass is 10.2. The molecule has 0 amide bonds. The Kier molecular flexibility index (Phi) is 5.03. The van der Waals surface area contributed by atoms with Crippen LogP contribution in [0.2, 0.25) is 0 Å². The Labute approximate surface area is 132 Å². The Morgan fingerprint density at radius 2 is 1.68 bits per heavy atom. The molecule has 4 heteroatoms. The van der Waals surface area contributed by atoms with Crippen molar-refractivity contribution in [1.29, 1.82) is 0 Å². The minimum Gasteiger partial charge on any atom is -0.396 e. The van der Waals surface area contributed by atoms with Gasteiger partial charge in [-0.3, -0.25) is 4.90 Å². The van der Waals surface area contributed by atoms with E-state index >= 15 is 0 Å². The van der Waals surface area contributed by atoms with Gasteiger partial charge in [-0.25, -0.2) is 4.98 Å². The normalized spacial score (nSPS) is 16.0. The second kappa shape index (κ2) is 7.38. The van der Waals surface area contributed by atoms with Gasteiger partial charge in [-0.1, -0.05) is 36.4 Å². The molecule has 1 saturated heterocycles. The van der Waals surface area contributed by atoms with Gasteiger partial charge in [0.1, 0.15) is 5.82 Å². The van der Waals surface area contributed by atoms with Crippen molar-refractivity contribution in [2.24, 2.45) is 0 Å². The van der Waals surface area contributed by atoms with Gasteiger partial charge in [0.05, 0.1) is 0 Å². The zero-order chi connectivity index (χ0) is 15.2. The van der Waals surface area contributed by atoms with Crippen LogP contribution in [0.3, 0.4) is 0 Å². The molecule has 1 N–H and O–H groups in total. The van der Waals surface area contributed by atoms with E-state index in [0.29, 0.717) is 6.42 Å². The Balaban J connectivity index is 1.53. The minimum atomic E-state index is 0.180. The van der Waals surface area contributed by atoms with Gasteiger partial charge in [0.2, 0.25) is 0 Å². The highest BCUT2D eigenvalue weighted by Crippen LogP contribution is 2.15. The first-order chi connectivity index (χ1) is 10.8. The van der Waals surface area contributed by atoms with E-state index in [4.69, 9.17) is 5.11 Å². The molecule has 3 rings (SSSR count). The van der Waals surface area contributed by atoms with Gasteiger partial charge in [0, 0.05) is 45.5 Å². The van der Waals surface area contributed by atoms with Crippen LogP contribution in [0.1, 0.15) is 11.1 Å². The molecule has 0 saturated carbocycles. The largest absolute Gasteiger partial charge is 0.396 e. The van der Waals surface area contributed by atoms with Crippen molar-refractivity contribution < 1.29 is 5.11 Å². The molecule has 22 heavy (non-hydrogen) atoms. The molecule has 0 aliphatic carbocycles. The predicted octanol–water partition coefficient (Wildman–Crippen LogP) is 1.94. The highest BCUT2D eigenvalue weighted by atomic mass is 16.2. The number of rotatable bonds is 5. The summed E-state index contributed by atoms with van der Waals surface area (Å²) in [5, 5.41) is 8.94. The lowest BCUT2D eigenvalue weighted by Crippen LogP contribution is -2.46. The van der Waals surface area contributed by atoms with E-state index in [9.17, 15) is 0 Å². The van der Waals surface area contributed by atoms with Crippen LogP contribution in [0.25, 0.3) is 0 Å². The van der Waals surface area contributed by atoms with Crippen LogP contribution in [0.4, 0.5) is 5.82 Å². The molecule has 0 bridgehead atoms. The van der Waals surface area contributed by atoms with Crippen molar-refractivity contribution in [2.75, 3.05) is 37.7 Å². The highest BCUT2D eigenvalue weighted by Gasteiger charge is 2.17. The van der Waals surface area contributed by atoms with Crippen LogP contribution in [0, 0.1) is 0 Å². The van der Waals surface area contributed by atoms with Gasteiger partial charge in [0.25, 0.3) is 0 Å². The lowest BCUT2D eigenvalue weighted by Gasteiger charge is -2.35. The zero-order valence-corrected chi connectivity index (χ0v) is 12.9. The van der Waals surface area contributed by atoms with E-state index < -0.39 is 0 Å². The summed E-state index contributed by atoms with van der Waals surface area (Å²) < 4.78 is 0. The molecule has 0 unspecified atom stereocenters. The van der Waals surface area contributed by atoms with Crippen molar-refractivity contribution in [3.05, 3.63) is 59.8 Å². The number of piperazine rings is 1. The quantitative estimate of drug-likeness (QED) is 0.915.